The van der Waals surface area contributed by atoms with E-state index in [1.165, 1.54) is 60.7 Å². The Hall–Kier alpha value is -6.11. The number of fused-ring (bicyclic) bond motifs is 2. The van der Waals surface area contributed by atoms with Gasteiger partial charge in [-0.05, 0) is 36.4 Å². The predicted molar refractivity (Wildman–Crippen MR) is 147 cm³/mol. The lowest BCUT2D eigenvalue weighted by molar-refractivity contribution is 0.00269. The fraction of sp³-hybridized carbons (Fsp3) is 0.100. The van der Waals surface area contributed by atoms with E-state index < -0.39 is 59.6 Å². The highest BCUT2D eigenvalue weighted by molar-refractivity contribution is 5.93. The van der Waals surface area contributed by atoms with Crippen LogP contribution in [0.2, 0.25) is 0 Å². The molecule has 2 aromatic heterocycles. The van der Waals surface area contributed by atoms with Crippen LogP contribution < -0.4 is 20.3 Å². The highest BCUT2D eigenvalue weighted by Crippen LogP contribution is 2.26. The molecule has 2 heterocycles. The van der Waals surface area contributed by atoms with Gasteiger partial charge in [0.1, 0.15) is 58.0 Å². The van der Waals surface area contributed by atoms with Crippen molar-refractivity contribution in [2.24, 2.45) is 0 Å². The van der Waals surface area contributed by atoms with Crippen LogP contribution in [-0.4, -0.2) is 52.5 Å². The Bertz CT molecular complexity index is 1890. The quantitative estimate of drug-likeness (QED) is 0.200. The van der Waals surface area contributed by atoms with Gasteiger partial charge in [-0.2, -0.15) is 0 Å². The van der Waals surface area contributed by atoms with Crippen LogP contribution in [0.15, 0.2) is 91.2 Å². The van der Waals surface area contributed by atoms with Gasteiger partial charge >= 0.3 is 17.9 Å². The highest BCUT2D eigenvalue weighted by atomic mass is 16.6. The Morgan fingerprint density at radius 3 is 1.65 bits per heavy atom. The normalized spacial score (nSPS) is 11.0. The number of phenolic OH excluding ortho intramolecular Hbond substituents is 1. The summed E-state index contributed by atoms with van der Waals surface area (Å²) < 4.78 is 27.7. The van der Waals surface area contributed by atoms with E-state index >= 15 is 0 Å². The van der Waals surface area contributed by atoms with E-state index in [2.05, 4.69) is 0 Å². The molecule has 0 aliphatic carbocycles. The van der Waals surface area contributed by atoms with E-state index in [-0.39, 0.29) is 44.8 Å². The summed E-state index contributed by atoms with van der Waals surface area (Å²) in [5, 5.41) is 28.4. The molecule has 0 unspecified atom stereocenters. The second kappa shape index (κ2) is 11.8. The van der Waals surface area contributed by atoms with E-state index in [1.54, 1.807) is 0 Å². The highest BCUT2D eigenvalue weighted by Gasteiger charge is 2.23. The first-order chi connectivity index (χ1) is 20.6. The number of carboxylic acid groups (broad SMARTS) is 2. The SMILES string of the molecule is O=C(O)c1cc(=O)c2c(OCC(COc3cccc4oc(C(=O)O)cc(=O)c34)OC(=O)c3ccccc3O)cccc2o1. The van der Waals surface area contributed by atoms with E-state index in [0.717, 1.165) is 12.1 Å². The van der Waals surface area contributed by atoms with E-state index in [1.807, 2.05) is 0 Å². The maximum absolute atomic E-state index is 12.9. The number of ether oxygens (including phenoxy) is 3. The molecule has 0 amide bonds. The largest absolute Gasteiger partial charge is 0.507 e. The number of aromatic carboxylic acids is 2. The molecule has 5 aromatic rings. The van der Waals surface area contributed by atoms with Crippen molar-refractivity contribution >= 4 is 39.8 Å². The molecule has 0 atom stereocenters. The Balaban J connectivity index is 1.44. The predicted octanol–water partition coefficient (Wildman–Crippen LogP) is 3.68. The molecule has 0 aliphatic rings. The van der Waals surface area contributed by atoms with Crippen molar-refractivity contribution in [1.29, 1.82) is 0 Å². The molecule has 0 aliphatic heterocycles. The number of hydrogen-bond donors (Lipinski definition) is 3. The number of carboxylic acids is 2. The minimum atomic E-state index is -1.43. The summed E-state index contributed by atoms with van der Waals surface area (Å²) in [6.07, 6.45) is -1.20. The van der Waals surface area contributed by atoms with Crippen LogP contribution in [0.25, 0.3) is 21.9 Å². The molecular weight excluding hydrogens is 568 g/mol. The van der Waals surface area contributed by atoms with Gasteiger partial charge in [0.25, 0.3) is 0 Å². The van der Waals surface area contributed by atoms with Crippen molar-refractivity contribution in [2.75, 3.05) is 13.2 Å². The monoisotopic (exact) mass is 588 g/mol. The lowest BCUT2D eigenvalue weighted by atomic mass is 10.2. The maximum Gasteiger partial charge on any atom is 0.371 e. The van der Waals surface area contributed by atoms with E-state index in [9.17, 15) is 39.3 Å². The topological polar surface area (TPSA) is 200 Å². The smallest absolute Gasteiger partial charge is 0.371 e. The summed E-state index contributed by atoms with van der Waals surface area (Å²) in [5.41, 5.74) is -1.62. The third-order valence-corrected chi connectivity index (χ3v) is 6.10. The number of aromatic hydroxyl groups is 1. The first-order valence-corrected chi connectivity index (χ1v) is 12.5. The molecular formula is C30H20O13. The fourth-order valence-corrected chi connectivity index (χ4v) is 4.15. The second-order valence-electron chi connectivity index (χ2n) is 8.99. The number of phenols is 1. The van der Waals surface area contributed by atoms with Crippen LogP contribution in [0.1, 0.15) is 31.5 Å². The van der Waals surface area contributed by atoms with Crippen LogP contribution in [-0.2, 0) is 4.74 Å². The number of benzene rings is 3. The third kappa shape index (κ3) is 6.00. The molecule has 0 spiro atoms. The van der Waals surface area contributed by atoms with Crippen molar-refractivity contribution in [3.63, 3.8) is 0 Å². The first kappa shape index (κ1) is 28.4. The molecule has 218 valence electrons. The summed E-state index contributed by atoms with van der Waals surface area (Å²) in [4.78, 5) is 60.8. The number of carbonyl (C=O) groups is 3. The van der Waals surface area contributed by atoms with Gasteiger partial charge in [0, 0.05) is 12.1 Å². The molecule has 43 heavy (non-hydrogen) atoms. The Labute approximate surface area is 239 Å². The first-order valence-electron chi connectivity index (χ1n) is 12.5. The number of esters is 1. The molecule has 3 N–H and O–H groups in total. The molecule has 0 radical (unpaired) electrons. The molecule has 13 nitrogen and oxygen atoms in total. The van der Waals surface area contributed by atoms with Gasteiger partial charge in [-0.3, -0.25) is 9.59 Å². The van der Waals surface area contributed by atoms with Gasteiger partial charge in [0.05, 0.1) is 0 Å². The van der Waals surface area contributed by atoms with Crippen molar-refractivity contribution in [3.05, 3.63) is 110 Å². The maximum atomic E-state index is 12.9. The number of rotatable bonds is 10. The van der Waals surface area contributed by atoms with Gasteiger partial charge in [0.15, 0.2) is 17.0 Å². The van der Waals surface area contributed by atoms with Crippen LogP contribution in [0.5, 0.6) is 17.2 Å². The third-order valence-electron chi connectivity index (χ3n) is 6.10. The Morgan fingerprint density at radius 2 is 1.19 bits per heavy atom. The van der Waals surface area contributed by atoms with E-state index in [0.29, 0.717) is 0 Å². The summed E-state index contributed by atoms with van der Waals surface area (Å²) in [6.45, 7) is -0.803. The summed E-state index contributed by atoms with van der Waals surface area (Å²) in [6, 6.07) is 15.8. The zero-order valence-corrected chi connectivity index (χ0v) is 21.8. The van der Waals surface area contributed by atoms with Crippen molar-refractivity contribution < 1.29 is 52.7 Å². The van der Waals surface area contributed by atoms with Gasteiger partial charge in [-0.1, -0.05) is 24.3 Å². The van der Waals surface area contributed by atoms with Crippen LogP contribution in [0, 0.1) is 0 Å². The summed E-state index contributed by atoms with van der Waals surface area (Å²) in [5.74, 6) is -5.25. The van der Waals surface area contributed by atoms with Gasteiger partial charge in [-0.25, -0.2) is 14.4 Å². The summed E-state index contributed by atoms with van der Waals surface area (Å²) >= 11 is 0. The molecule has 3 aromatic carbocycles. The average Bonchev–Trinajstić information content (AvgIpc) is 2.98. The van der Waals surface area contributed by atoms with Crippen LogP contribution >= 0.6 is 0 Å². The zero-order chi connectivity index (χ0) is 30.7. The van der Waals surface area contributed by atoms with Crippen LogP contribution in [0.3, 0.4) is 0 Å². The van der Waals surface area contributed by atoms with Crippen molar-refractivity contribution in [1.82, 2.24) is 0 Å². The number of hydrogen-bond acceptors (Lipinski definition) is 11. The lowest BCUT2D eigenvalue weighted by Crippen LogP contribution is -2.31. The molecule has 0 bridgehead atoms. The Morgan fingerprint density at radius 1 is 0.698 bits per heavy atom. The lowest BCUT2D eigenvalue weighted by Gasteiger charge is -2.20. The zero-order valence-electron chi connectivity index (χ0n) is 21.8. The second-order valence-corrected chi connectivity index (χ2v) is 8.99. The molecule has 0 fully saturated rings. The van der Waals surface area contributed by atoms with Gasteiger partial charge in [-0.15, -0.1) is 0 Å². The van der Waals surface area contributed by atoms with E-state index in [4.69, 9.17) is 23.0 Å². The molecule has 5 rings (SSSR count). The van der Waals surface area contributed by atoms with Gasteiger partial charge < -0.3 is 38.4 Å². The van der Waals surface area contributed by atoms with Crippen molar-refractivity contribution in [2.45, 2.75) is 6.10 Å². The molecule has 13 heteroatoms. The van der Waals surface area contributed by atoms with Crippen LogP contribution in [0.4, 0.5) is 0 Å². The van der Waals surface area contributed by atoms with Gasteiger partial charge in [0.2, 0.25) is 11.5 Å². The fourth-order valence-electron chi connectivity index (χ4n) is 4.15. The minimum absolute atomic E-state index is 0.00111. The summed E-state index contributed by atoms with van der Waals surface area (Å²) in [7, 11) is 0. The molecule has 0 saturated carbocycles. The number of carbonyl (C=O) groups excluding carboxylic acids is 1. The standard InChI is InChI=1S/C30H20O13/c31-17-6-2-1-5-16(17)30(38)41-15(13-39-20-7-3-9-22-26(20)18(32)11-24(42-22)28(34)35)14-40-21-8-4-10-23-27(21)19(33)12-25(43-23)29(36)37/h1-12,15,31H,13-14H2,(H,34,35)(H,36,37). The Kier molecular flexibility index (Phi) is 7.79. The average molecular weight is 588 g/mol. The minimum Gasteiger partial charge on any atom is -0.507 e. The number of para-hydroxylation sites is 1. The van der Waals surface area contributed by atoms with Crippen molar-refractivity contribution in [3.8, 4) is 17.2 Å². The molecule has 0 saturated heterocycles.